The van der Waals surface area contributed by atoms with Gasteiger partial charge in [0.25, 0.3) is 0 Å². The lowest BCUT2D eigenvalue weighted by atomic mass is 10.1. The molecule has 0 bridgehead atoms. The van der Waals surface area contributed by atoms with Gasteiger partial charge in [0.1, 0.15) is 18.0 Å². The minimum absolute atomic E-state index is 0.258. The largest absolute Gasteiger partial charge is 0.497 e. The molecule has 0 heterocycles. The van der Waals surface area contributed by atoms with Crippen LogP contribution >= 0.6 is 11.8 Å². The van der Waals surface area contributed by atoms with Crippen LogP contribution in [-0.4, -0.2) is 53.6 Å². The highest BCUT2D eigenvalue weighted by molar-refractivity contribution is 7.98. The minimum atomic E-state index is -3.71. The highest BCUT2D eigenvalue weighted by Gasteiger charge is 2.24. The van der Waals surface area contributed by atoms with Gasteiger partial charge in [-0.1, -0.05) is 24.3 Å². The SMILES string of the molecule is COc1ccc(OC)c(N(CC(=O)NCCCSCc2ccccc2C)S(C)(=O)=O)c1. The summed E-state index contributed by atoms with van der Waals surface area (Å²) in [6, 6.07) is 13.1. The molecule has 9 heteroatoms. The summed E-state index contributed by atoms with van der Waals surface area (Å²) in [4.78, 5) is 12.4. The average Bonchev–Trinajstić information content (AvgIpc) is 2.74. The van der Waals surface area contributed by atoms with Gasteiger partial charge in [0.15, 0.2) is 0 Å². The number of nitrogens with zero attached hydrogens (tertiary/aromatic N) is 1. The fraction of sp³-hybridized carbons (Fsp3) is 0.409. The predicted octanol–water partition coefficient (Wildman–Crippen LogP) is 3.22. The van der Waals surface area contributed by atoms with Crippen molar-refractivity contribution in [2.75, 3.05) is 43.6 Å². The van der Waals surface area contributed by atoms with Gasteiger partial charge in [0.05, 0.1) is 26.2 Å². The van der Waals surface area contributed by atoms with Gasteiger partial charge in [-0.25, -0.2) is 8.42 Å². The lowest BCUT2D eigenvalue weighted by Crippen LogP contribution is -2.40. The van der Waals surface area contributed by atoms with Crippen LogP contribution in [0.2, 0.25) is 0 Å². The molecule has 0 aromatic heterocycles. The number of carbonyl (C=O) groups excluding carboxylic acids is 1. The molecule has 0 unspecified atom stereocenters. The van der Waals surface area contributed by atoms with Gasteiger partial charge in [-0.05, 0) is 42.4 Å². The number of amides is 1. The average molecular weight is 467 g/mol. The normalized spacial score (nSPS) is 11.1. The van der Waals surface area contributed by atoms with Crippen LogP contribution in [0.3, 0.4) is 0 Å². The van der Waals surface area contributed by atoms with E-state index in [1.165, 1.54) is 31.4 Å². The first-order chi connectivity index (χ1) is 14.8. The summed E-state index contributed by atoms with van der Waals surface area (Å²) < 4.78 is 36.2. The molecule has 0 aliphatic carbocycles. The Morgan fingerprint density at radius 2 is 1.87 bits per heavy atom. The van der Waals surface area contributed by atoms with Crippen LogP contribution in [-0.2, 0) is 20.6 Å². The third kappa shape index (κ3) is 7.66. The summed E-state index contributed by atoms with van der Waals surface area (Å²) in [7, 11) is -0.781. The van der Waals surface area contributed by atoms with Crippen molar-refractivity contribution in [1.82, 2.24) is 5.32 Å². The van der Waals surface area contributed by atoms with Crippen molar-refractivity contribution in [2.45, 2.75) is 19.1 Å². The van der Waals surface area contributed by atoms with Gasteiger partial charge in [0.2, 0.25) is 15.9 Å². The zero-order valence-electron chi connectivity index (χ0n) is 18.4. The monoisotopic (exact) mass is 466 g/mol. The third-order valence-corrected chi connectivity index (χ3v) is 6.87. The Balaban J connectivity index is 1.89. The molecule has 0 radical (unpaired) electrons. The van der Waals surface area contributed by atoms with Crippen LogP contribution in [0.1, 0.15) is 17.5 Å². The predicted molar refractivity (Wildman–Crippen MR) is 127 cm³/mol. The summed E-state index contributed by atoms with van der Waals surface area (Å²) in [5, 5.41) is 2.80. The summed E-state index contributed by atoms with van der Waals surface area (Å²) in [6.07, 6.45) is 1.85. The number of rotatable bonds is 12. The van der Waals surface area contributed by atoms with Crippen LogP contribution in [0, 0.1) is 6.92 Å². The number of anilines is 1. The number of hydrogen-bond donors (Lipinski definition) is 1. The number of ether oxygens (including phenoxy) is 2. The number of carbonyl (C=O) groups is 1. The first-order valence-corrected chi connectivity index (χ1v) is 12.8. The molecule has 0 fully saturated rings. The van der Waals surface area contributed by atoms with Gasteiger partial charge < -0.3 is 14.8 Å². The highest BCUT2D eigenvalue weighted by Crippen LogP contribution is 2.33. The van der Waals surface area contributed by atoms with Gasteiger partial charge in [-0.2, -0.15) is 11.8 Å². The molecule has 0 saturated heterocycles. The van der Waals surface area contributed by atoms with Gasteiger partial charge >= 0.3 is 0 Å². The van der Waals surface area contributed by atoms with Crippen LogP contribution in [0.25, 0.3) is 0 Å². The molecule has 0 aliphatic heterocycles. The zero-order chi connectivity index (χ0) is 22.9. The number of methoxy groups -OCH3 is 2. The van der Waals surface area contributed by atoms with E-state index in [0.717, 1.165) is 28.5 Å². The Morgan fingerprint density at radius 3 is 2.52 bits per heavy atom. The summed E-state index contributed by atoms with van der Waals surface area (Å²) in [5.41, 5.74) is 2.85. The van der Waals surface area contributed by atoms with Crippen molar-refractivity contribution in [2.24, 2.45) is 0 Å². The molecular weight excluding hydrogens is 436 g/mol. The lowest BCUT2D eigenvalue weighted by molar-refractivity contribution is -0.119. The number of sulfonamides is 1. The van der Waals surface area contributed by atoms with Crippen molar-refractivity contribution < 1.29 is 22.7 Å². The Hall–Kier alpha value is -2.39. The second-order valence-corrected chi connectivity index (χ2v) is 10.0. The van der Waals surface area contributed by atoms with E-state index < -0.39 is 10.0 Å². The molecular formula is C22H30N2O5S2. The fourth-order valence-electron chi connectivity index (χ4n) is 2.92. The lowest BCUT2D eigenvalue weighted by Gasteiger charge is -2.24. The van der Waals surface area contributed by atoms with Crippen LogP contribution in [0.5, 0.6) is 11.5 Å². The molecule has 31 heavy (non-hydrogen) atoms. The fourth-order valence-corrected chi connectivity index (χ4v) is 4.80. The maximum Gasteiger partial charge on any atom is 0.240 e. The Labute approximate surface area is 189 Å². The molecule has 2 rings (SSSR count). The molecule has 0 aliphatic rings. The van der Waals surface area contributed by atoms with Crippen LogP contribution in [0.4, 0.5) is 5.69 Å². The van der Waals surface area contributed by atoms with E-state index >= 15 is 0 Å². The number of aryl methyl sites for hydroxylation is 1. The first-order valence-electron chi connectivity index (χ1n) is 9.85. The Morgan fingerprint density at radius 1 is 1.13 bits per heavy atom. The Kier molecular flexibility index (Phi) is 9.51. The molecule has 1 N–H and O–H groups in total. The second kappa shape index (κ2) is 11.9. The number of nitrogens with one attached hydrogen (secondary N) is 1. The van der Waals surface area contributed by atoms with E-state index in [1.807, 2.05) is 23.9 Å². The van der Waals surface area contributed by atoms with Gasteiger partial charge in [-0.15, -0.1) is 0 Å². The standard InChI is InChI=1S/C22H30N2O5S2/c1-17-8-5-6-9-18(17)16-30-13-7-12-23-22(25)15-24(31(4,26)27)20-14-19(28-2)10-11-21(20)29-3/h5-6,8-11,14H,7,12-13,15-16H2,1-4H3,(H,23,25). The number of thioether (sulfide) groups is 1. The topological polar surface area (TPSA) is 84.9 Å². The molecule has 7 nitrogen and oxygen atoms in total. The third-order valence-electron chi connectivity index (χ3n) is 4.65. The van der Waals surface area contributed by atoms with E-state index in [0.29, 0.717) is 18.0 Å². The van der Waals surface area contributed by atoms with Gasteiger partial charge in [-0.3, -0.25) is 9.10 Å². The second-order valence-electron chi connectivity index (χ2n) is 6.99. The zero-order valence-corrected chi connectivity index (χ0v) is 20.0. The molecule has 1 amide bonds. The van der Waals surface area contributed by atoms with Gasteiger partial charge in [0, 0.05) is 18.4 Å². The summed E-state index contributed by atoms with van der Waals surface area (Å²) >= 11 is 1.81. The molecule has 170 valence electrons. The van der Waals surface area contributed by atoms with Crippen LogP contribution in [0.15, 0.2) is 42.5 Å². The minimum Gasteiger partial charge on any atom is -0.497 e. The molecule has 0 spiro atoms. The first kappa shape index (κ1) is 24.9. The van der Waals surface area contributed by atoms with E-state index in [4.69, 9.17) is 9.47 Å². The van der Waals surface area contributed by atoms with Crippen molar-refractivity contribution in [3.63, 3.8) is 0 Å². The van der Waals surface area contributed by atoms with Crippen molar-refractivity contribution in [1.29, 1.82) is 0 Å². The van der Waals surface area contributed by atoms with E-state index in [2.05, 4.69) is 24.4 Å². The van der Waals surface area contributed by atoms with Crippen molar-refractivity contribution in [3.8, 4) is 11.5 Å². The maximum atomic E-state index is 12.4. The molecule has 2 aromatic rings. The quantitative estimate of drug-likeness (QED) is 0.484. The molecule has 2 aromatic carbocycles. The number of benzene rings is 2. The maximum absolute atomic E-state index is 12.4. The molecule has 0 atom stereocenters. The summed E-state index contributed by atoms with van der Waals surface area (Å²) in [5.74, 6) is 2.26. The molecule has 0 saturated carbocycles. The highest BCUT2D eigenvalue weighted by atomic mass is 32.2. The van der Waals surface area contributed by atoms with E-state index in [9.17, 15) is 13.2 Å². The summed E-state index contributed by atoms with van der Waals surface area (Å²) in [6.45, 7) is 2.24. The van der Waals surface area contributed by atoms with Crippen LogP contribution < -0.4 is 19.1 Å². The smallest absolute Gasteiger partial charge is 0.240 e. The number of hydrogen-bond acceptors (Lipinski definition) is 6. The van der Waals surface area contributed by atoms with E-state index in [-0.39, 0.29) is 18.1 Å². The van der Waals surface area contributed by atoms with Crippen molar-refractivity contribution >= 4 is 33.4 Å². The van der Waals surface area contributed by atoms with E-state index in [1.54, 1.807) is 12.1 Å². The van der Waals surface area contributed by atoms with Crippen molar-refractivity contribution in [3.05, 3.63) is 53.6 Å². The Bertz CT molecular complexity index is 980.